The first kappa shape index (κ1) is 13.5. The summed E-state index contributed by atoms with van der Waals surface area (Å²) in [6, 6.07) is 10.6. The zero-order valence-electron chi connectivity index (χ0n) is 9.92. The van der Waals surface area contributed by atoms with Gasteiger partial charge in [-0.15, -0.1) is 11.6 Å². The Bertz CT molecular complexity index is 248. The smallest absolute Gasteiger partial charge is 0.0223 e. The molecule has 0 bridgehead atoms. The van der Waals surface area contributed by atoms with E-state index in [1.54, 1.807) is 0 Å². The SMILES string of the molecule is ClCCCCCCNCCc1ccccc1. The van der Waals surface area contributed by atoms with Crippen molar-refractivity contribution in [1.82, 2.24) is 5.32 Å². The van der Waals surface area contributed by atoms with Crippen molar-refractivity contribution >= 4 is 11.6 Å². The summed E-state index contributed by atoms with van der Waals surface area (Å²) in [5, 5.41) is 3.48. The quantitative estimate of drug-likeness (QED) is 0.513. The van der Waals surface area contributed by atoms with Crippen molar-refractivity contribution in [3.05, 3.63) is 35.9 Å². The van der Waals surface area contributed by atoms with Crippen LogP contribution in [-0.2, 0) is 6.42 Å². The third-order valence-corrected chi connectivity index (χ3v) is 2.94. The van der Waals surface area contributed by atoms with Crippen LogP contribution in [0.1, 0.15) is 31.2 Å². The lowest BCUT2D eigenvalue weighted by atomic mass is 10.1. The van der Waals surface area contributed by atoms with E-state index in [0.717, 1.165) is 31.8 Å². The second-order valence-corrected chi connectivity index (χ2v) is 4.47. The van der Waals surface area contributed by atoms with Crippen LogP contribution in [0.15, 0.2) is 30.3 Å². The highest BCUT2D eigenvalue weighted by atomic mass is 35.5. The van der Waals surface area contributed by atoms with Crippen LogP contribution < -0.4 is 5.32 Å². The van der Waals surface area contributed by atoms with Gasteiger partial charge in [0.2, 0.25) is 0 Å². The minimum atomic E-state index is 0.807. The maximum atomic E-state index is 5.62. The first-order chi connectivity index (χ1) is 7.93. The number of unbranched alkanes of at least 4 members (excludes halogenated alkanes) is 3. The average molecular weight is 240 g/mol. The molecule has 1 rings (SSSR count). The summed E-state index contributed by atoms with van der Waals surface area (Å²) < 4.78 is 0. The number of halogens is 1. The van der Waals surface area contributed by atoms with Gasteiger partial charge >= 0.3 is 0 Å². The van der Waals surface area contributed by atoms with Gasteiger partial charge in [-0.2, -0.15) is 0 Å². The molecule has 0 radical (unpaired) electrons. The molecule has 2 heteroatoms. The Balaban J connectivity index is 1.89. The summed E-state index contributed by atoms with van der Waals surface area (Å²) >= 11 is 5.62. The third kappa shape index (κ3) is 6.86. The number of hydrogen-bond acceptors (Lipinski definition) is 1. The fourth-order valence-electron chi connectivity index (χ4n) is 1.70. The highest BCUT2D eigenvalue weighted by molar-refractivity contribution is 6.17. The van der Waals surface area contributed by atoms with Crippen LogP contribution in [0.4, 0.5) is 0 Å². The molecule has 0 unspecified atom stereocenters. The number of alkyl halides is 1. The van der Waals surface area contributed by atoms with E-state index in [2.05, 4.69) is 35.6 Å². The Labute approximate surface area is 104 Å². The Morgan fingerprint density at radius 3 is 2.38 bits per heavy atom. The van der Waals surface area contributed by atoms with Crippen molar-refractivity contribution in [3.8, 4) is 0 Å². The van der Waals surface area contributed by atoms with Gasteiger partial charge in [0.05, 0.1) is 0 Å². The second kappa shape index (κ2) is 9.68. The number of benzene rings is 1. The van der Waals surface area contributed by atoms with Crippen LogP contribution in [0.2, 0.25) is 0 Å². The van der Waals surface area contributed by atoms with Crippen LogP contribution in [-0.4, -0.2) is 19.0 Å². The zero-order valence-corrected chi connectivity index (χ0v) is 10.7. The van der Waals surface area contributed by atoms with Gasteiger partial charge in [-0.1, -0.05) is 43.2 Å². The molecular weight excluding hydrogens is 218 g/mol. The summed E-state index contributed by atoms with van der Waals surface area (Å²) in [5.41, 5.74) is 1.41. The molecule has 0 aromatic heterocycles. The van der Waals surface area contributed by atoms with Crippen molar-refractivity contribution < 1.29 is 0 Å². The topological polar surface area (TPSA) is 12.0 Å². The monoisotopic (exact) mass is 239 g/mol. The van der Waals surface area contributed by atoms with Gasteiger partial charge in [0, 0.05) is 5.88 Å². The molecule has 0 aliphatic heterocycles. The first-order valence-corrected chi connectivity index (χ1v) is 6.77. The van der Waals surface area contributed by atoms with E-state index in [1.807, 2.05) is 0 Å². The van der Waals surface area contributed by atoms with Gasteiger partial charge in [0.15, 0.2) is 0 Å². The van der Waals surface area contributed by atoms with E-state index < -0.39 is 0 Å². The largest absolute Gasteiger partial charge is 0.316 e. The summed E-state index contributed by atoms with van der Waals surface area (Å²) in [6.07, 6.45) is 6.12. The molecule has 1 nitrogen and oxygen atoms in total. The molecule has 0 spiro atoms. The molecule has 90 valence electrons. The minimum absolute atomic E-state index is 0.807. The van der Waals surface area contributed by atoms with Crippen LogP contribution in [0.25, 0.3) is 0 Å². The molecule has 1 N–H and O–H groups in total. The van der Waals surface area contributed by atoms with Gasteiger partial charge in [-0.25, -0.2) is 0 Å². The van der Waals surface area contributed by atoms with E-state index in [4.69, 9.17) is 11.6 Å². The number of hydrogen-bond donors (Lipinski definition) is 1. The fraction of sp³-hybridized carbons (Fsp3) is 0.571. The third-order valence-electron chi connectivity index (χ3n) is 2.67. The molecule has 0 aliphatic carbocycles. The van der Waals surface area contributed by atoms with Gasteiger partial charge in [-0.05, 0) is 37.9 Å². The lowest BCUT2D eigenvalue weighted by Gasteiger charge is -2.04. The molecule has 0 amide bonds. The summed E-state index contributed by atoms with van der Waals surface area (Å²) in [5.74, 6) is 0.807. The molecule has 0 saturated carbocycles. The van der Waals surface area contributed by atoms with Crippen LogP contribution >= 0.6 is 11.6 Å². The zero-order chi connectivity index (χ0) is 11.5. The average Bonchev–Trinajstić information content (AvgIpc) is 2.34. The number of rotatable bonds is 9. The highest BCUT2D eigenvalue weighted by Gasteiger charge is 1.92. The van der Waals surface area contributed by atoms with Gasteiger partial charge in [0.1, 0.15) is 0 Å². The predicted octanol–water partition coefficient (Wildman–Crippen LogP) is 3.62. The Hall–Kier alpha value is -0.530. The summed E-state index contributed by atoms with van der Waals surface area (Å²) in [4.78, 5) is 0. The normalized spacial score (nSPS) is 10.6. The maximum absolute atomic E-state index is 5.62. The fourth-order valence-corrected chi connectivity index (χ4v) is 1.89. The van der Waals surface area contributed by atoms with E-state index in [-0.39, 0.29) is 0 Å². The van der Waals surface area contributed by atoms with Gasteiger partial charge in [0.25, 0.3) is 0 Å². The highest BCUT2D eigenvalue weighted by Crippen LogP contribution is 2.00. The van der Waals surface area contributed by atoms with Crippen molar-refractivity contribution in [1.29, 1.82) is 0 Å². The first-order valence-electron chi connectivity index (χ1n) is 6.24. The summed E-state index contributed by atoms with van der Waals surface area (Å²) in [6.45, 7) is 2.22. The van der Waals surface area contributed by atoms with Crippen molar-refractivity contribution in [2.24, 2.45) is 0 Å². The Morgan fingerprint density at radius 1 is 0.875 bits per heavy atom. The molecule has 0 saturated heterocycles. The standard InChI is InChI=1S/C14H22ClN/c15-11-6-1-2-7-12-16-13-10-14-8-4-3-5-9-14/h3-5,8-9,16H,1-2,6-7,10-13H2. The van der Waals surface area contributed by atoms with Crippen molar-refractivity contribution in [2.75, 3.05) is 19.0 Å². The molecular formula is C14H22ClN. The molecule has 16 heavy (non-hydrogen) atoms. The summed E-state index contributed by atoms with van der Waals surface area (Å²) in [7, 11) is 0. The van der Waals surface area contributed by atoms with Crippen molar-refractivity contribution in [2.45, 2.75) is 32.1 Å². The lowest BCUT2D eigenvalue weighted by molar-refractivity contribution is 0.599. The molecule has 0 aliphatic rings. The molecule has 1 aromatic carbocycles. The van der Waals surface area contributed by atoms with E-state index in [0.29, 0.717) is 0 Å². The van der Waals surface area contributed by atoms with E-state index in [9.17, 15) is 0 Å². The number of nitrogens with one attached hydrogen (secondary N) is 1. The molecule has 0 fully saturated rings. The second-order valence-electron chi connectivity index (χ2n) is 4.09. The van der Waals surface area contributed by atoms with E-state index >= 15 is 0 Å². The molecule has 0 atom stereocenters. The molecule has 1 aromatic rings. The minimum Gasteiger partial charge on any atom is -0.316 e. The van der Waals surface area contributed by atoms with Crippen molar-refractivity contribution in [3.63, 3.8) is 0 Å². The van der Waals surface area contributed by atoms with E-state index in [1.165, 1.54) is 24.8 Å². The van der Waals surface area contributed by atoms with Crippen LogP contribution in [0.3, 0.4) is 0 Å². The maximum Gasteiger partial charge on any atom is 0.0223 e. The lowest BCUT2D eigenvalue weighted by Crippen LogP contribution is -2.18. The van der Waals surface area contributed by atoms with Crippen LogP contribution in [0, 0.1) is 0 Å². The van der Waals surface area contributed by atoms with Gasteiger partial charge < -0.3 is 5.32 Å². The Kier molecular flexibility index (Phi) is 8.19. The van der Waals surface area contributed by atoms with Crippen LogP contribution in [0.5, 0.6) is 0 Å². The predicted molar refractivity (Wildman–Crippen MR) is 72.2 cm³/mol. The molecule has 0 heterocycles. The Morgan fingerprint density at radius 2 is 1.62 bits per heavy atom. The van der Waals surface area contributed by atoms with Gasteiger partial charge in [-0.3, -0.25) is 0 Å².